The smallest absolute Gasteiger partial charge is 0.344 e. The van der Waals surface area contributed by atoms with E-state index in [0.717, 1.165) is 16.5 Å². The third kappa shape index (κ3) is 2.17. The van der Waals surface area contributed by atoms with Crippen molar-refractivity contribution in [3.63, 3.8) is 0 Å². The number of carbonyl (C=O) groups is 1. The van der Waals surface area contributed by atoms with Crippen LogP contribution >= 0.6 is 0 Å². The van der Waals surface area contributed by atoms with Gasteiger partial charge in [0.1, 0.15) is 5.58 Å². The number of hydrogen-bond donors (Lipinski definition) is 2. The monoisotopic (exact) mass is 306 g/mol. The van der Waals surface area contributed by atoms with E-state index in [1.54, 1.807) is 6.07 Å². The molecule has 2 aromatic carbocycles. The van der Waals surface area contributed by atoms with Crippen molar-refractivity contribution in [1.82, 2.24) is 5.32 Å². The van der Waals surface area contributed by atoms with Crippen molar-refractivity contribution in [2.75, 3.05) is 5.32 Å². The first-order valence-electron chi connectivity index (χ1n) is 7.33. The third-order valence-corrected chi connectivity index (χ3v) is 4.03. The lowest BCUT2D eigenvalue weighted by Crippen LogP contribution is -2.41. The number of amides is 2. The molecule has 0 aliphatic carbocycles. The molecule has 1 aliphatic heterocycles. The lowest BCUT2D eigenvalue weighted by Gasteiger charge is -2.27. The number of nitrogens with one attached hydrogen (secondary N) is 2. The summed E-state index contributed by atoms with van der Waals surface area (Å²) in [7, 11) is 0. The molecule has 0 spiro atoms. The number of hydrogen-bond acceptors (Lipinski definition) is 3. The molecular formula is C18H14N2O3. The molecule has 0 radical (unpaired) electrons. The van der Waals surface area contributed by atoms with Gasteiger partial charge in [-0.15, -0.1) is 0 Å². The second-order valence-electron chi connectivity index (χ2n) is 5.62. The van der Waals surface area contributed by atoms with Crippen LogP contribution in [0.5, 0.6) is 0 Å². The zero-order valence-electron chi connectivity index (χ0n) is 12.4. The SMILES string of the molecule is Cc1ccc2oc(=O)c3c(c2c1)NC(=O)NC3c1ccccc1. The summed E-state index contributed by atoms with van der Waals surface area (Å²) in [5.74, 6) is 0. The summed E-state index contributed by atoms with van der Waals surface area (Å²) in [6.45, 7) is 1.95. The second-order valence-corrected chi connectivity index (χ2v) is 5.62. The molecule has 0 bridgehead atoms. The van der Waals surface area contributed by atoms with Crippen molar-refractivity contribution < 1.29 is 9.21 Å². The van der Waals surface area contributed by atoms with Crippen molar-refractivity contribution in [2.45, 2.75) is 13.0 Å². The van der Waals surface area contributed by atoms with E-state index < -0.39 is 11.7 Å². The van der Waals surface area contributed by atoms with Crippen molar-refractivity contribution in [1.29, 1.82) is 0 Å². The van der Waals surface area contributed by atoms with Crippen molar-refractivity contribution in [3.05, 3.63) is 75.6 Å². The molecule has 114 valence electrons. The highest BCUT2D eigenvalue weighted by Crippen LogP contribution is 2.34. The van der Waals surface area contributed by atoms with Crippen LogP contribution in [0.2, 0.25) is 0 Å². The molecule has 5 heteroatoms. The number of benzene rings is 2. The Morgan fingerprint density at radius 1 is 1.04 bits per heavy atom. The first kappa shape index (κ1) is 13.6. The van der Waals surface area contributed by atoms with Crippen LogP contribution in [0, 0.1) is 6.92 Å². The predicted octanol–water partition coefficient (Wildman–Crippen LogP) is 3.33. The van der Waals surface area contributed by atoms with Crippen LogP contribution in [0.3, 0.4) is 0 Å². The van der Waals surface area contributed by atoms with Crippen LogP contribution in [-0.2, 0) is 0 Å². The summed E-state index contributed by atoms with van der Waals surface area (Å²) in [5, 5.41) is 6.29. The Balaban J connectivity index is 2.04. The predicted molar refractivity (Wildman–Crippen MR) is 87.7 cm³/mol. The van der Waals surface area contributed by atoms with Gasteiger partial charge in [0.05, 0.1) is 17.3 Å². The van der Waals surface area contributed by atoms with Crippen molar-refractivity contribution in [3.8, 4) is 0 Å². The highest BCUT2D eigenvalue weighted by Gasteiger charge is 2.31. The second kappa shape index (κ2) is 4.98. The maximum atomic E-state index is 12.5. The molecular weight excluding hydrogens is 292 g/mol. The highest BCUT2D eigenvalue weighted by atomic mass is 16.4. The molecule has 0 saturated heterocycles. The van der Waals surface area contributed by atoms with Gasteiger partial charge in [-0.2, -0.15) is 0 Å². The molecule has 2 N–H and O–H groups in total. The van der Waals surface area contributed by atoms with Gasteiger partial charge in [0.25, 0.3) is 0 Å². The van der Waals surface area contributed by atoms with Crippen molar-refractivity contribution >= 4 is 22.7 Å². The third-order valence-electron chi connectivity index (χ3n) is 4.03. The van der Waals surface area contributed by atoms with Gasteiger partial charge in [-0.25, -0.2) is 9.59 Å². The number of urea groups is 1. The van der Waals surface area contributed by atoms with Gasteiger partial charge in [-0.1, -0.05) is 42.0 Å². The standard InChI is InChI=1S/C18H14N2O3/c1-10-7-8-13-12(9-10)16-14(17(21)23-13)15(19-18(22)20-16)11-5-3-2-4-6-11/h2-9,15H,1H3,(H2,19,20,22). The number of aryl methyl sites for hydroxylation is 1. The van der Waals surface area contributed by atoms with Crippen LogP contribution in [0.1, 0.15) is 22.7 Å². The Hall–Kier alpha value is -3.08. The van der Waals surface area contributed by atoms with Crippen molar-refractivity contribution in [2.24, 2.45) is 0 Å². The van der Waals surface area contributed by atoms with E-state index >= 15 is 0 Å². The molecule has 2 heterocycles. The topological polar surface area (TPSA) is 71.3 Å². The molecule has 3 aromatic rings. The Bertz CT molecular complexity index is 977. The molecule has 0 saturated carbocycles. The van der Waals surface area contributed by atoms with Gasteiger partial charge < -0.3 is 15.1 Å². The van der Waals surface area contributed by atoms with Gasteiger partial charge in [0.2, 0.25) is 0 Å². The summed E-state index contributed by atoms with van der Waals surface area (Å²) in [6.07, 6.45) is 0. The van der Waals surface area contributed by atoms with E-state index in [-0.39, 0.29) is 6.03 Å². The quantitative estimate of drug-likeness (QED) is 0.677. The van der Waals surface area contributed by atoms with Gasteiger partial charge in [0, 0.05) is 5.39 Å². The normalized spacial score (nSPS) is 16.6. The number of fused-ring (bicyclic) bond motifs is 3. The summed E-state index contributed by atoms with van der Waals surface area (Å²) in [5.41, 5.74) is 2.83. The molecule has 1 aromatic heterocycles. The lowest BCUT2D eigenvalue weighted by atomic mass is 9.95. The summed E-state index contributed by atoms with van der Waals surface area (Å²) in [6, 6.07) is 14.0. The number of rotatable bonds is 1. The summed E-state index contributed by atoms with van der Waals surface area (Å²) in [4.78, 5) is 24.6. The zero-order chi connectivity index (χ0) is 16.0. The number of anilines is 1. The van der Waals surface area contributed by atoms with E-state index in [4.69, 9.17) is 4.42 Å². The molecule has 1 unspecified atom stereocenters. The fraction of sp³-hybridized carbons (Fsp3) is 0.111. The first-order chi connectivity index (χ1) is 11.1. The van der Waals surface area contributed by atoms with Crippen LogP contribution in [0.4, 0.5) is 10.5 Å². The molecule has 4 rings (SSSR count). The van der Waals surface area contributed by atoms with Gasteiger partial charge in [-0.3, -0.25) is 0 Å². The number of carbonyl (C=O) groups excluding carboxylic acids is 1. The van der Waals surface area contributed by atoms with E-state index in [1.807, 2.05) is 49.4 Å². The van der Waals surface area contributed by atoms with Crippen LogP contribution in [0.25, 0.3) is 11.0 Å². The Morgan fingerprint density at radius 2 is 1.83 bits per heavy atom. The van der Waals surface area contributed by atoms with E-state index in [0.29, 0.717) is 16.8 Å². The largest absolute Gasteiger partial charge is 0.422 e. The Morgan fingerprint density at radius 3 is 2.61 bits per heavy atom. The minimum Gasteiger partial charge on any atom is -0.422 e. The minimum atomic E-state index is -0.527. The minimum absolute atomic E-state index is 0.334. The zero-order valence-corrected chi connectivity index (χ0v) is 12.4. The maximum Gasteiger partial charge on any atom is 0.344 e. The highest BCUT2D eigenvalue weighted by molar-refractivity contribution is 6.03. The first-order valence-corrected chi connectivity index (χ1v) is 7.33. The fourth-order valence-corrected chi connectivity index (χ4v) is 2.98. The molecule has 0 fully saturated rings. The van der Waals surface area contributed by atoms with E-state index in [9.17, 15) is 9.59 Å². The molecule has 1 atom stereocenters. The van der Waals surface area contributed by atoms with E-state index in [2.05, 4.69) is 10.6 Å². The maximum absolute atomic E-state index is 12.5. The molecule has 1 aliphatic rings. The van der Waals surface area contributed by atoms with Crippen LogP contribution in [0.15, 0.2) is 57.7 Å². The van der Waals surface area contributed by atoms with Crippen LogP contribution < -0.4 is 16.3 Å². The summed E-state index contributed by atoms with van der Waals surface area (Å²) >= 11 is 0. The average Bonchev–Trinajstić information content (AvgIpc) is 2.56. The van der Waals surface area contributed by atoms with Gasteiger partial charge in [-0.05, 0) is 24.6 Å². The Labute approximate surface area is 131 Å². The molecule has 5 nitrogen and oxygen atoms in total. The van der Waals surface area contributed by atoms with Gasteiger partial charge >= 0.3 is 11.7 Å². The molecule has 23 heavy (non-hydrogen) atoms. The average molecular weight is 306 g/mol. The van der Waals surface area contributed by atoms with E-state index in [1.165, 1.54) is 0 Å². The molecule has 2 amide bonds. The summed E-state index contributed by atoms with van der Waals surface area (Å²) < 4.78 is 5.46. The Kier molecular flexibility index (Phi) is 2.94. The van der Waals surface area contributed by atoms with Gasteiger partial charge in [0.15, 0.2) is 0 Å². The lowest BCUT2D eigenvalue weighted by molar-refractivity contribution is 0.248. The van der Waals surface area contributed by atoms with Crippen LogP contribution in [-0.4, -0.2) is 6.03 Å². The fourth-order valence-electron chi connectivity index (χ4n) is 2.98.